The van der Waals surface area contributed by atoms with Crippen molar-refractivity contribution in [3.05, 3.63) is 42.0 Å². The third-order valence-electron chi connectivity index (χ3n) is 7.16. The van der Waals surface area contributed by atoms with E-state index in [0.29, 0.717) is 18.6 Å². The molecule has 0 spiro atoms. The van der Waals surface area contributed by atoms with E-state index in [1.165, 1.54) is 29.2 Å². The summed E-state index contributed by atoms with van der Waals surface area (Å²) in [5.41, 5.74) is 1.32. The summed E-state index contributed by atoms with van der Waals surface area (Å²) in [7, 11) is 0. The topological polar surface area (TPSA) is 38.8 Å². The number of piperidine rings is 1. The molecule has 2 fully saturated rings. The highest BCUT2D eigenvalue weighted by Gasteiger charge is 2.27. The Morgan fingerprint density at radius 2 is 1.74 bits per heavy atom. The van der Waals surface area contributed by atoms with Gasteiger partial charge in [0, 0.05) is 6.54 Å². The van der Waals surface area contributed by atoms with Crippen LogP contribution < -0.4 is 4.74 Å². The van der Waals surface area contributed by atoms with Crippen molar-refractivity contribution in [3.63, 3.8) is 0 Å². The number of carbonyl (C=O) groups excluding carboxylic acids is 1. The van der Waals surface area contributed by atoms with Gasteiger partial charge in [0.15, 0.2) is 0 Å². The minimum absolute atomic E-state index is 0.0250. The average molecular weight is 424 g/mol. The maximum Gasteiger partial charge on any atom is 0.309 e. The highest BCUT2D eigenvalue weighted by atomic mass is 16.5. The fourth-order valence-corrected chi connectivity index (χ4v) is 5.11. The van der Waals surface area contributed by atoms with Crippen molar-refractivity contribution >= 4 is 16.7 Å². The number of fused-ring (bicyclic) bond motifs is 1. The van der Waals surface area contributed by atoms with Crippen molar-refractivity contribution in [1.29, 1.82) is 0 Å². The standard InChI is InChI=1S/C27H37NO3/c1-4-30-27(29)22-11-13-28(14-12-22)18-21-7-8-24-17-25(10-9-23(24)16-21)31-26-15-19(2)5-6-20(26)3/h7-10,16-17,19-20,22,26H,4-6,11-15,18H2,1-3H3/t19-,20?,26?/m0/s1. The van der Waals surface area contributed by atoms with E-state index in [0.717, 1.165) is 50.6 Å². The molecular formula is C27H37NO3. The Bertz CT molecular complexity index is 887. The van der Waals surface area contributed by atoms with Gasteiger partial charge in [0.25, 0.3) is 0 Å². The van der Waals surface area contributed by atoms with Crippen LogP contribution in [0.1, 0.15) is 58.4 Å². The van der Waals surface area contributed by atoms with Gasteiger partial charge in [-0.25, -0.2) is 0 Å². The molecule has 2 unspecified atom stereocenters. The third-order valence-corrected chi connectivity index (χ3v) is 7.16. The molecule has 2 aromatic rings. The molecule has 2 aromatic carbocycles. The van der Waals surface area contributed by atoms with Crippen LogP contribution in [0.4, 0.5) is 0 Å². The first-order valence-electron chi connectivity index (χ1n) is 12.1. The molecule has 0 bridgehead atoms. The Kier molecular flexibility index (Phi) is 7.16. The quantitative estimate of drug-likeness (QED) is 0.549. The maximum absolute atomic E-state index is 11.9. The number of nitrogens with zero attached hydrogens (tertiary/aromatic N) is 1. The zero-order valence-electron chi connectivity index (χ0n) is 19.3. The van der Waals surface area contributed by atoms with Crippen molar-refractivity contribution in [1.82, 2.24) is 4.90 Å². The van der Waals surface area contributed by atoms with Crippen molar-refractivity contribution in [3.8, 4) is 5.75 Å². The Morgan fingerprint density at radius 3 is 2.52 bits per heavy atom. The number of hydrogen-bond donors (Lipinski definition) is 0. The van der Waals surface area contributed by atoms with Crippen molar-refractivity contribution in [2.24, 2.45) is 17.8 Å². The number of ether oxygens (including phenoxy) is 2. The highest BCUT2D eigenvalue weighted by molar-refractivity contribution is 5.84. The third kappa shape index (κ3) is 5.60. The zero-order valence-corrected chi connectivity index (χ0v) is 19.3. The lowest BCUT2D eigenvalue weighted by Crippen LogP contribution is -2.36. The molecule has 168 valence electrons. The predicted molar refractivity (Wildman–Crippen MR) is 125 cm³/mol. The number of benzene rings is 2. The van der Waals surface area contributed by atoms with Crippen molar-refractivity contribution < 1.29 is 14.3 Å². The molecule has 1 saturated carbocycles. The molecular weight excluding hydrogens is 386 g/mol. The van der Waals surface area contributed by atoms with E-state index in [-0.39, 0.29) is 11.9 Å². The van der Waals surface area contributed by atoms with Gasteiger partial charge in [0.2, 0.25) is 0 Å². The molecule has 0 aromatic heterocycles. The monoisotopic (exact) mass is 423 g/mol. The number of carbonyl (C=O) groups is 1. The van der Waals surface area contributed by atoms with Gasteiger partial charge in [-0.05, 0) is 92.1 Å². The molecule has 2 aliphatic rings. The molecule has 1 aliphatic heterocycles. The smallest absolute Gasteiger partial charge is 0.309 e. The van der Waals surface area contributed by atoms with Gasteiger partial charge < -0.3 is 9.47 Å². The summed E-state index contributed by atoms with van der Waals surface area (Å²) in [6.07, 6.45) is 5.86. The Hall–Kier alpha value is -2.07. The average Bonchev–Trinajstić information content (AvgIpc) is 2.77. The first-order chi connectivity index (χ1) is 15.0. The van der Waals surface area contributed by atoms with Crippen LogP contribution in [0.3, 0.4) is 0 Å². The molecule has 4 nitrogen and oxygen atoms in total. The van der Waals surface area contributed by atoms with Crippen LogP contribution >= 0.6 is 0 Å². The van der Waals surface area contributed by atoms with Gasteiger partial charge in [0.1, 0.15) is 11.9 Å². The molecule has 0 N–H and O–H groups in total. The van der Waals surface area contributed by atoms with E-state index in [1.54, 1.807) is 0 Å². The van der Waals surface area contributed by atoms with E-state index in [4.69, 9.17) is 9.47 Å². The number of rotatable bonds is 6. The molecule has 1 aliphatic carbocycles. The van der Waals surface area contributed by atoms with Crippen LogP contribution in [0.15, 0.2) is 36.4 Å². The molecule has 1 saturated heterocycles. The van der Waals surface area contributed by atoms with Crippen molar-refractivity contribution in [2.75, 3.05) is 19.7 Å². The molecule has 4 rings (SSSR count). The van der Waals surface area contributed by atoms with Crippen LogP contribution in [0.2, 0.25) is 0 Å². The van der Waals surface area contributed by atoms with Crippen molar-refractivity contribution in [2.45, 2.75) is 65.5 Å². The molecule has 0 amide bonds. The van der Waals surface area contributed by atoms with Crippen LogP contribution in [-0.2, 0) is 16.1 Å². The normalized spacial score (nSPS) is 25.5. The Morgan fingerprint density at radius 1 is 1.00 bits per heavy atom. The maximum atomic E-state index is 11.9. The Labute approximate surface area is 186 Å². The summed E-state index contributed by atoms with van der Waals surface area (Å²) in [6, 6.07) is 13.3. The summed E-state index contributed by atoms with van der Waals surface area (Å²) in [5.74, 6) is 2.42. The Balaban J connectivity index is 1.36. The summed E-state index contributed by atoms with van der Waals surface area (Å²) < 4.78 is 11.6. The summed E-state index contributed by atoms with van der Waals surface area (Å²) >= 11 is 0. The molecule has 3 atom stereocenters. The van der Waals surface area contributed by atoms with Gasteiger partial charge in [-0.1, -0.05) is 38.5 Å². The number of hydrogen-bond acceptors (Lipinski definition) is 4. The first-order valence-corrected chi connectivity index (χ1v) is 12.1. The highest BCUT2D eigenvalue weighted by Crippen LogP contribution is 2.33. The minimum Gasteiger partial charge on any atom is -0.490 e. The number of esters is 1. The summed E-state index contributed by atoms with van der Waals surface area (Å²) in [6.45, 7) is 9.84. The van der Waals surface area contributed by atoms with Crippen LogP contribution in [0.5, 0.6) is 5.75 Å². The van der Waals surface area contributed by atoms with E-state index < -0.39 is 0 Å². The van der Waals surface area contributed by atoms with E-state index >= 15 is 0 Å². The van der Waals surface area contributed by atoms with Gasteiger partial charge in [0.05, 0.1) is 12.5 Å². The van der Waals surface area contributed by atoms with E-state index in [1.807, 2.05) is 6.92 Å². The fraction of sp³-hybridized carbons (Fsp3) is 0.593. The lowest BCUT2D eigenvalue weighted by molar-refractivity contribution is -0.149. The summed E-state index contributed by atoms with van der Waals surface area (Å²) in [5, 5.41) is 2.50. The van der Waals surface area contributed by atoms with Gasteiger partial charge >= 0.3 is 5.97 Å². The predicted octanol–water partition coefficient (Wildman–Crippen LogP) is 5.82. The molecule has 1 heterocycles. The minimum atomic E-state index is -0.0250. The van der Waals surface area contributed by atoms with E-state index in [2.05, 4.69) is 55.1 Å². The lowest BCUT2D eigenvalue weighted by atomic mass is 9.81. The van der Waals surface area contributed by atoms with Gasteiger partial charge in [-0.15, -0.1) is 0 Å². The second kappa shape index (κ2) is 10.0. The lowest BCUT2D eigenvalue weighted by Gasteiger charge is -2.33. The zero-order chi connectivity index (χ0) is 21.8. The van der Waals surface area contributed by atoms with Gasteiger partial charge in [-0.2, -0.15) is 0 Å². The van der Waals surface area contributed by atoms with E-state index in [9.17, 15) is 4.79 Å². The first kappa shape index (κ1) is 22.1. The second-order valence-corrected chi connectivity index (χ2v) is 9.70. The molecule has 31 heavy (non-hydrogen) atoms. The SMILES string of the molecule is CCOC(=O)C1CCN(Cc2ccc3cc(OC4C[C@@H](C)CCC4C)ccc3c2)CC1. The van der Waals surface area contributed by atoms with Gasteiger partial charge in [-0.3, -0.25) is 9.69 Å². The second-order valence-electron chi connectivity index (χ2n) is 9.70. The molecule has 4 heteroatoms. The molecule has 0 radical (unpaired) electrons. The largest absolute Gasteiger partial charge is 0.490 e. The number of likely N-dealkylation sites (tertiary alicyclic amines) is 1. The summed E-state index contributed by atoms with van der Waals surface area (Å²) in [4.78, 5) is 14.4. The van der Waals surface area contributed by atoms with Crippen LogP contribution in [0, 0.1) is 17.8 Å². The fourth-order valence-electron chi connectivity index (χ4n) is 5.11. The van der Waals surface area contributed by atoms with Crippen LogP contribution in [0.25, 0.3) is 10.8 Å². The van der Waals surface area contributed by atoms with Crippen LogP contribution in [-0.4, -0.2) is 36.7 Å².